The van der Waals surface area contributed by atoms with E-state index in [4.69, 9.17) is 0 Å². The fourth-order valence-electron chi connectivity index (χ4n) is 1.76. The molecule has 0 spiro atoms. The molecule has 1 aromatic rings. The van der Waals surface area contributed by atoms with E-state index in [2.05, 4.69) is 9.99 Å². The summed E-state index contributed by atoms with van der Waals surface area (Å²) < 4.78 is 0. The van der Waals surface area contributed by atoms with Crippen molar-refractivity contribution in [3.8, 4) is 0 Å². The first-order valence-electron chi connectivity index (χ1n) is 6.42. The second-order valence-corrected chi connectivity index (χ2v) is 4.67. The second kappa shape index (κ2) is 6.60. The summed E-state index contributed by atoms with van der Waals surface area (Å²) in [5, 5.41) is 25.1. The lowest BCUT2D eigenvalue weighted by Gasteiger charge is -2.03. The predicted octanol–water partition coefficient (Wildman–Crippen LogP) is 2.10. The molecule has 0 unspecified atom stereocenters. The molecule has 24 heavy (non-hydrogen) atoms. The molecule has 0 aliphatic heterocycles. The number of benzene rings is 1. The Morgan fingerprint density at radius 1 is 1.08 bits per heavy atom. The molecule has 0 radical (unpaired) electrons. The van der Waals surface area contributed by atoms with Gasteiger partial charge in [0.05, 0.1) is 21.5 Å². The van der Waals surface area contributed by atoms with Crippen LogP contribution in [-0.2, 0) is 9.63 Å². The van der Waals surface area contributed by atoms with E-state index in [-0.39, 0.29) is 11.5 Å². The van der Waals surface area contributed by atoms with Crippen molar-refractivity contribution in [3.63, 3.8) is 0 Å². The second-order valence-electron chi connectivity index (χ2n) is 4.67. The zero-order valence-corrected chi connectivity index (χ0v) is 12.2. The monoisotopic (exact) mass is 331 g/mol. The van der Waals surface area contributed by atoms with Gasteiger partial charge in [-0.2, -0.15) is 0 Å². The third-order valence-corrected chi connectivity index (χ3v) is 2.95. The van der Waals surface area contributed by atoms with Gasteiger partial charge in [-0.1, -0.05) is 5.16 Å². The molecule has 1 aliphatic rings. The van der Waals surface area contributed by atoms with Crippen LogP contribution in [0.5, 0.6) is 0 Å². The van der Waals surface area contributed by atoms with Gasteiger partial charge in [0.2, 0.25) is 0 Å². The van der Waals surface area contributed by atoms with Crippen molar-refractivity contribution < 1.29 is 24.3 Å². The van der Waals surface area contributed by atoms with Gasteiger partial charge in [0.25, 0.3) is 11.4 Å². The van der Waals surface area contributed by atoms with Crippen LogP contribution >= 0.6 is 0 Å². The third-order valence-electron chi connectivity index (χ3n) is 2.95. The number of ketones is 1. The van der Waals surface area contributed by atoms with Gasteiger partial charge in [0.1, 0.15) is 5.71 Å². The summed E-state index contributed by atoms with van der Waals surface area (Å²) in [5.74, 6) is -1.32. The number of carbonyl (C=O) groups excluding carboxylic acids is 2. The average molecular weight is 331 g/mol. The number of hydrogen-bond acceptors (Lipinski definition) is 8. The van der Waals surface area contributed by atoms with Crippen LogP contribution < -0.4 is 0 Å². The van der Waals surface area contributed by atoms with Gasteiger partial charge in [-0.25, -0.2) is 4.79 Å². The first-order valence-corrected chi connectivity index (χ1v) is 6.42. The van der Waals surface area contributed by atoms with E-state index >= 15 is 0 Å². The summed E-state index contributed by atoms with van der Waals surface area (Å²) in [6.07, 6.45) is 3.93. The van der Waals surface area contributed by atoms with E-state index in [1.54, 1.807) is 6.92 Å². The minimum absolute atomic E-state index is 0.181. The number of nitro benzene ring substituents is 2. The summed E-state index contributed by atoms with van der Waals surface area (Å²) in [4.78, 5) is 47.6. The van der Waals surface area contributed by atoms with Crippen LogP contribution in [0.4, 0.5) is 11.4 Å². The standard InChI is InChI=1S/C14H9N3O7/c1-8-4-10(2-3-13(8)18)15-24-14(19)9-5-11(16(20)21)7-12(6-9)17(22)23/h2-7H,1H3. The fourth-order valence-corrected chi connectivity index (χ4v) is 1.76. The Morgan fingerprint density at radius 3 is 2.17 bits per heavy atom. The average Bonchev–Trinajstić information content (AvgIpc) is 2.55. The molecule has 1 aromatic carbocycles. The number of oxime groups is 1. The molecule has 0 saturated carbocycles. The molecule has 0 heterocycles. The van der Waals surface area contributed by atoms with Crippen molar-refractivity contribution >= 4 is 28.8 Å². The topological polar surface area (TPSA) is 142 Å². The van der Waals surface area contributed by atoms with E-state index in [0.717, 1.165) is 18.2 Å². The van der Waals surface area contributed by atoms with Crippen LogP contribution in [0.25, 0.3) is 0 Å². The molecule has 0 atom stereocenters. The highest BCUT2D eigenvalue weighted by Gasteiger charge is 2.21. The number of non-ortho nitro benzene ring substituents is 2. The van der Waals surface area contributed by atoms with Crippen molar-refractivity contribution in [2.24, 2.45) is 5.16 Å². The predicted molar refractivity (Wildman–Crippen MR) is 80.5 cm³/mol. The van der Waals surface area contributed by atoms with Gasteiger partial charge in [-0.15, -0.1) is 0 Å². The maximum absolute atomic E-state index is 11.9. The quantitative estimate of drug-likeness (QED) is 0.356. The van der Waals surface area contributed by atoms with Crippen LogP contribution in [0, 0.1) is 20.2 Å². The largest absolute Gasteiger partial charge is 0.366 e. The molecule has 0 aromatic heterocycles. The molecule has 1 aliphatic carbocycles. The normalized spacial score (nSPS) is 15.1. The fraction of sp³-hybridized carbons (Fsp3) is 0.0714. The zero-order chi connectivity index (χ0) is 17.9. The van der Waals surface area contributed by atoms with Crippen LogP contribution in [0.1, 0.15) is 17.3 Å². The number of hydrogen-bond donors (Lipinski definition) is 0. The first kappa shape index (κ1) is 16.7. The molecule has 0 saturated heterocycles. The van der Waals surface area contributed by atoms with Crippen LogP contribution in [0.3, 0.4) is 0 Å². The Morgan fingerprint density at radius 2 is 1.67 bits per heavy atom. The Labute approximate surface area is 134 Å². The maximum atomic E-state index is 11.9. The molecule has 10 heteroatoms. The molecule has 0 amide bonds. The molecular formula is C14H9N3O7. The van der Waals surface area contributed by atoms with E-state index in [1.165, 1.54) is 18.2 Å². The Balaban J connectivity index is 2.27. The highest BCUT2D eigenvalue weighted by Crippen LogP contribution is 2.23. The number of allylic oxidation sites excluding steroid dienone is 4. The van der Waals surface area contributed by atoms with Crippen LogP contribution in [-0.4, -0.2) is 27.3 Å². The molecule has 10 nitrogen and oxygen atoms in total. The van der Waals surface area contributed by atoms with E-state index in [0.29, 0.717) is 5.57 Å². The van der Waals surface area contributed by atoms with Crippen molar-refractivity contribution in [1.82, 2.24) is 0 Å². The number of nitrogens with zero attached hydrogens (tertiary/aromatic N) is 3. The number of nitro groups is 2. The summed E-state index contributed by atoms with van der Waals surface area (Å²) in [6.45, 7) is 1.55. The zero-order valence-electron chi connectivity index (χ0n) is 12.2. The van der Waals surface area contributed by atoms with E-state index in [1.807, 2.05) is 0 Å². The van der Waals surface area contributed by atoms with Crippen LogP contribution in [0.2, 0.25) is 0 Å². The molecule has 2 rings (SSSR count). The lowest BCUT2D eigenvalue weighted by molar-refractivity contribution is -0.394. The summed E-state index contributed by atoms with van der Waals surface area (Å²) in [7, 11) is 0. The maximum Gasteiger partial charge on any atom is 0.366 e. The Hall–Kier alpha value is -3.69. The Kier molecular flexibility index (Phi) is 4.59. The summed E-state index contributed by atoms with van der Waals surface area (Å²) in [6, 6.07) is 2.41. The minimum Gasteiger partial charge on any atom is -0.312 e. The molecule has 0 N–H and O–H groups in total. The number of rotatable bonds is 4. The van der Waals surface area contributed by atoms with Gasteiger partial charge in [-0.3, -0.25) is 25.0 Å². The van der Waals surface area contributed by atoms with E-state index in [9.17, 15) is 29.8 Å². The van der Waals surface area contributed by atoms with Gasteiger partial charge < -0.3 is 4.84 Å². The van der Waals surface area contributed by atoms with Crippen LogP contribution in [0.15, 0.2) is 47.2 Å². The third kappa shape index (κ3) is 3.74. The van der Waals surface area contributed by atoms with E-state index < -0.39 is 32.8 Å². The van der Waals surface area contributed by atoms with Crippen molar-refractivity contribution in [2.75, 3.05) is 0 Å². The highest BCUT2D eigenvalue weighted by molar-refractivity contribution is 6.18. The van der Waals surface area contributed by atoms with Crippen molar-refractivity contribution in [1.29, 1.82) is 0 Å². The molecule has 0 fully saturated rings. The summed E-state index contributed by atoms with van der Waals surface area (Å²) >= 11 is 0. The van der Waals surface area contributed by atoms with Gasteiger partial charge in [0.15, 0.2) is 5.78 Å². The molecule has 122 valence electrons. The SMILES string of the molecule is CC1=CC(=NOC(=O)c2cc([N+](=O)[O-])cc([N+](=O)[O-])c2)C=CC1=O. The van der Waals surface area contributed by atoms with Gasteiger partial charge in [0, 0.05) is 12.1 Å². The Bertz CT molecular complexity index is 820. The number of carbonyl (C=O) groups is 2. The smallest absolute Gasteiger partial charge is 0.312 e. The lowest BCUT2D eigenvalue weighted by atomic mass is 10.1. The van der Waals surface area contributed by atoms with Crippen molar-refractivity contribution in [3.05, 3.63) is 67.8 Å². The first-order chi connectivity index (χ1) is 11.3. The minimum atomic E-state index is -1.11. The molecular weight excluding hydrogens is 322 g/mol. The van der Waals surface area contributed by atoms with Gasteiger partial charge in [-0.05, 0) is 30.7 Å². The molecule has 0 bridgehead atoms. The lowest BCUT2D eigenvalue weighted by Crippen LogP contribution is -2.08. The van der Waals surface area contributed by atoms with Crippen molar-refractivity contribution in [2.45, 2.75) is 6.92 Å². The van der Waals surface area contributed by atoms with Gasteiger partial charge >= 0.3 is 5.97 Å². The summed E-state index contributed by atoms with van der Waals surface area (Å²) in [5.41, 5.74) is -1.07. The highest BCUT2D eigenvalue weighted by atomic mass is 16.7.